The number of aromatic nitrogens is 2. The van der Waals surface area contributed by atoms with Gasteiger partial charge in [-0.2, -0.15) is 0 Å². The van der Waals surface area contributed by atoms with Crippen LogP contribution in [0.5, 0.6) is 0 Å². The zero-order valence-corrected chi connectivity index (χ0v) is 8.15. The van der Waals surface area contributed by atoms with Crippen LogP contribution in [0.4, 0.5) is 0 Å². The molecule has 0 spiro atoms. The van der Waals surface area contributed by atoms with Crippen molar-refractivity contribution in [3.63, 3.8) is 0 Å². The summed E-state index contributed by atoms with van der Waals surface area (Å²) in [5.74, 6) is -1.07. The summed E-state index contributed by atoms with van der Waals surface area (Å²) in [4.78, 5) is 17.5. The average molecular weight is 216 g/mol. The summed E-state index contributed by atoms with van der Waals surface area (Å²) < 4.78 is 22.1. The summed E-state index contributed by atoms with van der Waals surface area (Å²) in [6.45, 7) is 0. The van der Waals surface area contributed by atoms with Gasteiger partial charge in [-0.3, -0.25) is 4.79 Å². The van der Waals surface area contributed by atoms with Crippen molar-refractivity contribution in [3.8, 4) is 0 Å². The summed E-state index contributed by atoms with van der Waals surface area (Å²) in [5.41, 5.74) is 0.174. The summed E-state index contributed by atoms with van der Waals surface area (Å²) >= 11 is 0. The van der Waals surface area contributed by atoms with Gasteiger partial charge < -0.3 is 5.11 Å². The van der Waals surface area contributed by atoms with Gasteiger partial charge in [0.15, 0.2) is 14.9 Å². The Morgan fingerprint density at radius 2 is 2.14 bits per heavy atom. The van der Waals surface area contributed by atoms with Crippen LogP contribution in [0, 0.1) is 0 Å². The number of carbonyl (C=O) groups is 1. The molecule has 0 fully saturated rings. The van der Waals surface area contributed by atoms with Crippen LogP contribution in [0.2, 0.25) is 0 Å². The molecule has 0 amide bonds. The predicted octanol–water partition coefficient (Wildman–Crippen LogP) is -0.493. The Labute approximate surface area is 80.5 Å². The van der Waals surface area contributed by atoms with E-state index < -0.39 is 15.8 Å². The molecule has 0 unspecified atom stereocenters. The molecule has 0 saturated carbocycles. The van der Waals surface area contributed by atoms with Gasteiger partial charge >= 0.3 is 5.97 Å². The molecule has 1 aromatic heterocycles. The van der Waals surface area contributed by atoms with E-state index in [9.17, 15) is 13.2 Å². The maximum absolute atomic E-state index is 11.0. The Kier molecular flexibility index (Phi) is 2.80. The first-order chi connectivity index (χ1) is 6.39. The monoisotopic (exact) mass is 216 g/mol. The number of sulfone groups is 1. The SMILES string of the molecule is CS(=O)(=O)c1cc(CC(=O)O)ncn1. The lowest BCUT2D eigenvalue weighted by Crippen LogP contribution is -2.06. The Bertz CT molecular complexity index is 455. The molecule has 0 saturated heterocycles. The minimum Gasteiger partial charge on any atom is -0.481 e. The van der Waals surface area contributed by atoms with E-state index in [4.69, 9.17) is 5.11 Å². The van der Waals surface area contributed by atoms with Crippen molar-refractivity contribution < 1.29 is 18.3 Å². The van der Waals surface area contributed by atoms with Crippen molar-refractivity contribution in [1.29, 1.82) is 0 Å². The molecule has 1 aromatic rings. The van der Waals surface area contributed by atoms with Crippen LogP contribution < -0.4 is 0 Å². The number of rotatable bonds is 3. The number of aliphatic carboxylic acids is 1. The lowest BCUT2D eigenvalue weighted by atomic mass is 10.3. The fraction of sp³-hybridized carbons (Fsp3) is 0.286. The first kappa shape index (κ1) is 10.6. The third kappa shape index (κ3) is 2.77. The quantitative estimate of drug-likeness (QED) is 0.684. The Morgan fingerprint density at radius 1 is 1.50 bits per heavy atom. The second-order valence-corrected chi connectivity index (χ2v) is 4.65. The van der Waals surface area contributed by atoms with Crippen LogP contribution in [-0.2, 0) is 21.1 Å². The molecule has 14 heavy (non-hydrogen) atoms. The molecular weight excluding hydrogens is 208 g/mol. The maximum Gasteiger partial charge on any atom is 0.309 e. The second-order valence-electron chi connectivity index (χ2n) is 2.69. The summed E-state index contributed by atoms with van der Waals surface area (Å²) in [6, 6.07) is 1.16. The van der Waals surface area contributed by atoms with Gasteiger partial charge in [0.05, 0.1) is 12.1 Å². The molecule has 0 atom stereocenters. The molecular formula is C7H8N2O4S. The molecule has 0 aliphatic carbocycles. The Hall–Kier alpha value is -1.50. The molecule has 7 heteroatoms. The van der Waals surface area contributed by atoms with Crippen LogP contribution in [0.25, 0.3) is 0 Å². The lowest BCUT2D eigenvalue weighted by Gasteiger charge is -1.98. The summed E-state index contributed by atoms with van der Waals surface area (Å²) in [7, 11) is -3.41. The van der Waals surface area contributed by atoms with Gasteiger partial charge in [-0.15, -0.1) is 0 Å². The minimum atomic E-state index is -3.41. The fourth-order valence-electron chi connectivity index (χ4n) is 0.831. The van der Waals surface area contributed by atoms with Gasteiger partial charge in [0.2, 0.25) is 0 Å². The molecule has 0 radical (unpaired) electrons. The predicted molar refractivity (Wildman–Crippen MR) is 46.5 cm³/mol. The zero-order chi connectivity index (χ0) is 10.8. The molecule has 1 heterocycles. The molecule has 1 N–H and O–H groups in total. The van der Waals surface area contributed by atoms with E-state index in [1.807, 2.05) is 0 Å². The van der Waals surface area contributed by atoms with E-state index in [1.165, 1.54) is 0 Å². The van der Waals surface area contributed by atoms with Crippen LogP contribution in [0.1, 0.15) is 5.69 Å². The molecule has 0 bridgehead atoms. The van der Waals surface area contributed by atoms with E-state index in [0.717, 1.165) is 18.6 Å². The molecule has 0 aliphatic rings. The number of carboxylic acid groups (broad SMARTS) is 1. The molecule has 76 valence electrons. The van der Waals surface area contributed by atoms with E-state index >= 15 is 0 Å². The van der Waals surface area contributed by atoms with Crippen molar-refractivity contribution >= 4 is 15.8 Å². The first-order valence-corrected chi connectivity index (χ1v) is 5.51. The molecule has 1 rings (SSSR count). The van der Waals surface area contributed by atoms with E-state index in [-0.39, 0.29) is 17.1 Å². The summed E-state index contributed by atoms with van der Waals surface area (Å²) in [6.07, 6.45) is 1.72. The number of hydrogen-bond acceptors (Lipinski definition) is 5. The van der Waals surface area contributed by atoms with Crippen LogP contribution >= 0.6 is 0 Å². The lowest BCUT2D eigenvalue weighted by molar-refractivity contribution is -0.136. The Balaban J connectivity index is 3.08. The van der Waals surface area contributed by atoms with E-state index in [2.05, 4.69) is 9.97 Å². The standard InChI is InChI=1S/C7H8N2O4S/c1-14(12,13)6-2-5(3-7(10)11)8-4-9-6/h2,4H,3H2,1H3,(H,10,11). The van der Waals surface area contributed by atoms with Crippen LogP contribution in [0.15, 0.2) is 17.4 Å². The van der Waals surface area contributed by atoms with Gasteiger partial charge in [0.25, 0.3) is 0 Å². The maximum atomic E-state index is 11.0. The largest absolute Gasteiger partial charge is 0.481 e. The molecule has 0 aromatic carbocycles. The van der Waals surface area contributed by atoms with E-state index in [0.29, 0.717) is 0 Å². The second kappa shape index (κ2) is 3.70. The van der Waals surface area contributed by atoms with Crippen molar-refractivity contribution in [2.24, 2.45) is 0 Å². The number of nitrogens with zero attached hydrogens (tertiary/aromatic N) is 2. The van der Waals surface area contributed by atoms with Crippen LogP contribution in [-0.4, -0.2) is 35.7 Å². The highest BCUT2D eigenvalue weighted by atomic mass is 32.2. The first-order valence-electron chi connectivity index (χ1n) is 3.62. The highest BCUT2D eigenvalue weighted by Gasteiger charge is 2.11. The van der Waals surface area contributed by atoms with Gasteiger partial charge in [-0.05, 0) is 6.07 Å². The van der Waals surface area contributed by atoms with Gasteiger partial charge in [-0.25, -0.2) is 18.4 Å². The molecule has 6 nitrogen and oxygen atoms in total. The fourth-order valence-corrected chi connectivity index (χ4v) is 1.42. The highest BCUT2D eigenvalue weighted by molar-refractivity contribution is 7.90. The Morgan fingerprint density at radius 3 is 2.64 bits per heavy atom. The topological polar surface area (TPSA) is 97.2 Å². The minimum absolute atomic E-state index is 0.163. The van der Waals surface area contributed by atoms with Crippen LogP contribution in [0.3, 0.4) is 0 Å². The van der Waals surface area contributed by atoms with E-state index in [1.54, 1.807) is 0 Å². The van der Waals surface area contributed by atoms with Crippen molar-refractivity contribution in [2.75, 3.05) is 6.26 Å². The van der Waals surface area contributed by atoms with Gasteiger partial charge in [0, 0.05) is 6.26 Å². The van der Waals surface area contributed by atoms with Crippen molar-refractivity contribution in [1.82, 2.24) is 9.97 Å². The third-order valence-electron chi connectivity index (χ3n) is 1.41. The van der Waals surface area contributed by atoms with Gasteiger partial charge in [0.1, 0.15) is 6.33 Å². The number of carboxylic acids is 1. The smallest absolute Gasteiger partial charge is 0.309 e. The van der Waals surface area contributed by atoms with Crippen molar-refractivity contribution in [3.05, 3.63) is 18.1 Å². The zero-order valence-electron chi connectivity index (χ0n) is 7.34. The van der Waals surface area contributed by atoms with Gasteiger partial charge in [-0.1, -0.05) is 0 Å². The van der Waals surface area contributed by atoms with Crippen molar-refractivity contribution in [2.45, 2.75) is 11.4 Å². The summed E-state index contributed by atoms with van der Waals surface area (Å²) in [5, 5.41) is 8.29. The highest BCUT2D eigenvalue weighted by Crippen LogP contribution is 2.05. The normalized spacial score (nSPS) is 11.2. The average Bonchev–Trinajstić information content (AvgIpc) is 2.01. The third-order valence-corrected chi connectivity index (χ3v) is 2.39. The number of hydrogen-bond donors (Lipinski definition) is 1. The molecule has 0 aliphatic heterocycles.